The normalized spacial score (nSPS) is 23.6. The van der Waals surface area contributed by atoms with Crippen molar-refractivity contribution >= 4 is 23.1 Å². The van der Waals surface area contributed by atoms with E-state index < -0.39 is 5.60 Å². The zero-order chi connectivity index (χ0) is 28.4. The van der Waals surface area contributed by atoms with Crippen LogP contribution >= 0.6 is 0 Å². The molecule has 1 fully saturated rings. The third-order valence-corrected chi connectivity index (χ3v) is 9.26. The molecule has 208 valence electrons. The second-order valence-corrected chi connectivity index (χ2v) is 12.2. The highest BCUT2D eigenvalue weighted by molar-refractivity contribution is 6.01. The van der Waals surface area contributed by atoms with E-state index in [1.165, 1.54) is 12.1 Å². The van der Waals surface area contributed by atoms with Gasteiger partial charge in [0.15, 0.2) is 11.5 Å². The lowest BCUT2D eigenvalue weighted by atomic mass is 9.57. The maximum atomic E-state index is 13.5. The Morgan fingerprint density at radius 1 is 1.05 bits per heavy atom. The molecule has 0 radical (unpaired) electrons. The minimum atomic E-state index is -0.418. The molecule has 1 unspecified atom stereocenters. The molecule has 2 N–H and O–H groups in total. The highest BCUT2D eigenvalue weighted by atomic mass is 19.1. The van der Waals surface area contributed by atoms with E-state index in [0.29, 0.717) is 12.2 Å². The Balaban J connectivity index is 1.35. The Labute approximate surface area is 234 Å². The van der Waals surface area contributed by atoms with E-state index in [4.69, 9.17) is 9.47 Å². The summed E-state index contributed by atoms with van der Waals surface area (Å²) in [6.07, 6.45) is 7.84. The average molecular weight is 542 g/mol. The van der Waals surface area contributed by atoms with Crippen molar-refractivity contribution in [2.75, 3.05) is 7.11 Å². The Kier molecular flexibility index (Phi) is 6.22. The van der Waals surface area contributed by atoms with Gasteiger partial charge in [0.2, 0.25) is 0 Å². The number of hydrogen-bond donors (Lipinski definition) is 2. The number of phenols is 1. The highest BCUT2D eigenvalue weighted by Gasteiger charge is 2.54. The lowest BCUT2D eigenvalue weighted by Crippen LogP contribution is -2.58. The summed E-state index contributed by atoms with van der Waals surface area (Å²) in [6, 6.07) is 14.4. The maximum Gasteiger partial charge on any atom is 0.164 e. The maximum absolute atomic E-state index is 13.5. The van der Waals surface area contributed by atoms with Crippen molar-refractivity contribution in [1.29, 1.82) is 0 Å². The molecule has 2 aliphatic rings. The molecule has 1 saturated carbocycles. The van der Waals surface area contributed by atoms with Gasteiger partial charge in [-0.1, -0.05) is 38.1 Å². The molecule has 1 aliphatic carbocycles. The smallest absolute Gasteiger partial charge is 0.164 e. The van der Waals surface area contributed by atoms with Crippen LogP contribution in [0.4, 0.5) is 4.39 Å². The van der Waals surface area contributed by atoms with E-state index in [1.807, 2.05) is 36.0 Å². The molecule has 6 heteroatoms. The molecule has 6 rings (SSSR count). The number of phenolic OH excluding ortho intramolecular Hbond substituents is 1. The van der Waals surface area contributed by atoms with E-state index in [1.54, 1.807) is 25.3 Å². The van der Waals surface area contributed by atoms with Crippen LogP contribution in [0.2, 0.25) is 0 Å². The molecule has 0 saturated heterocycles. The van der Waals surface area contributed by atoms with Gasteiger partial charge in [0.05, 0.1) is 18.7 Å². The standard InChI is InChI=1S/C34H36FNO4/c1-33(2)29-18-23-14-20(16-27(37)32(23)40-34(29,3)13-12-30(33)38)6-7-21-15-26-31(28(17-21)39-5)25(19-36(26)4)22-8-10-24(35)11-9-22/h6-11,14-17,19,29-30,37-38H,12-13,18H2,1-5H3/b7-6+/t29?,30-,34-/m1/s1. The number of benzene rings is 3. The van der Waals surface area contributed by atoms with E-state index in [2.05, 4.69) is 32.9 Å². The first-order valence-corrected chi connectivity index (χ1v) is 13.8. The van der Waals surface area contributed by atoms with Gasteiger partial charge >= 0.3 is 0 Å². The van der Waals surface area contributed by atoms with Gasteiger partial charge < -0.3 is 24.3 Å². The van der Waals surface area contributed by atoms with Crippen LogP contribution < -0.4 is 9.47 Å². The van der Waals surface area contributed by atoms with Gasteiger partial charge in [-0.25, -0.2) is 4.39 Å². The lowest BCUT2D eigenvalue weighted by molar-refractivity contribution is -0.138. The SMILES string of the molecule is COc1cc(/C=C/c2cc(O)c3c(c2)CC2C(C)(C)[C@H](O)CC[C@@]2(C)O3)cc2c1c(-c1ccc(F)cc1)cn2C. The first kappa shape index (κ1) is 26.5. The molecular formula is C34H36FNO4. The van der Waals surface area contributed by atoms with Crippen LogP contribution in [-0.2, 0) is 13.5 Å². The van der Waals surface area contributed by atoms with Gasteiger partial charge in [-0.2, -0.15) is 0 Å². The molecule has 0 spiro atoms. The average Bonchev–Trinajstić information content (AvgIpc) is 3.26. The summed E-state index contributed by atoms with van der Waals surface area (Å²) in [5, 5.41) is 22.7. The summed E-state index contributed by atoms with van der Waals surface area (Å²) in [7, 11) is 3.64. The van der Waals surface area contributed by atoms with Crippen molar-refractivity contribution in [2.24, 2.45) is 18.4 Å². The Hall–Kier alpha value is -3.77. The van der Waals surface area contributed by atoms with E-state index in [0.717, 1.165) is 57.3 Å². The van der Waals surface area contributed by atoms with Crippen LogP contribution in [-0.4, -0.2) is 33.6 Å². The van der Waals surface area contributed by atoms with Crippen molar-refractivity contribution in [2.45, 2.75) is 51.7 Å². The number of nitrogens with zero attached hydrogens (tertiary/aromatic N) is 1. The Morgan fingerprint density at radius 2 is 1.75 bits per heavy atom. The zero-order valence-corrected chi connectivity index (χ0v) is 23.7. The second kappa shape index (κ2) is 9.41. The summed E-state index contributed by atoms with van der Waals surface area (Å²) in [4.78, 5) is 0. The number of aliphatic hydroxyl groups is 1. The first-order chi connectivity index (χ1) is 19.0. The van der Waals surface area contributed by atoms with Crippen molar-refractivity contribution in [3.63, 3.8) is 0 Å². The number of ether oxygens (including phenoxy) is 2. The van der Waals surface area contributed by atoms with Crippen molar-refractivity contribution < 1.29 is 24.1 Å². The number of aromatic hydroxyl groups is 1. The van der Waals surface area contributed by atoms with Gasteiger partial charge in [0, 0.05) is 30.1 Å². The number of aliphatic hydroxyl groups excluding tert-OH is 1. The molecule has 3 atom stereocenters. The fraction of sp³-hybridized carbons (Fsp3) is 0.353. The number of hydrogen-bond acceptors (Lipinski definition) is 4. The zero-order valence-electron chi connectivity index (χ0n) is 23.7. The first-order valence-electron chi connectivity index (χ1n) is 13.8. The molecule has 2 heterocycles. The van der Waals surface area contributed by atoms with Crippen LogP contribution in [0.25, 0.3) is 34.2 Å². The molecule has 40 heavy (non-hydrogen) atoms. The number of aryl methyl sites for hydroxylation is 1. The van der Waals surface area contributed by atoms with Crippen molar-refractivity contribution in [3.8, 4) is 28.4 Å². The van der Waals surface area contributed by atoms with Crippen LogP contribution in [0.5, 0.6) is 17.2 Å². The third-order valence-electron chi connectivity index (χ3n) is 9.26. The summed E-state index contributed by atoms with van der Waals surface area (Å²) < 4.78 is 27.9. The number of halogens is 1. The molecule has 0 bridgehead atoms. The van der Waals surface area contributed by atoms with E-state index in [9.17, 15) is 14.6 Å². The quantitative estimate of drug-likeness (QED) is 0.265. The molecule has 1 aliphatic heterocycles. The predicted octanol–water partition coefficient (Wildman–Crippen LogP) is 7.36. The van der Waals surface area contributed by atoms with E-state index >= 15 is 0 Å². The van der Waals surface area contributed by atoms with Gasteiger partial charge in [-0.15, -0.1) is 0 Å². The fourth-order valence-electron chi connectivity index (χ4n) is 6.90. The molecule has 1 aromatic heterocycles. The van der Waals surface area contributed by atoms with Gasteiger partial charge in [0.25, 0.3) is 0 Å². The molecule has 0 amide bonds. The van der Waals surface area contributed by atoms with Crippen LogP contribution in [0.1, 0.15) is 50.3 Å². The third kappa shape index (κ3) is 4.26. The summed E-state index contributed by atoms with van der Waals surface area (Å²) in [6.45, 7) is 6.34. The van der Waals surface area contributed by atoms with Crippen LogP contribution in [0, 0.1) is 17.2 Å². The predicted molar refractivity (Wildman–Crippen MR) is 157 cm³/mol. The van der Waals surface area contributed by atoms with E-state index in [-0.39, 0.29) is 29.0 Å². The number of rotatable bonds is 4. The van der Waals surface area contributed by atoms with Gasteiger partial charge in [-0.3, -0.25) is 0 Å². The monoisotopic (exact) mass is 541 g/mol. The second-order valence-electron chi connectivity index (χ2n) is 12.2. The van der Waals surface area contributed by atoms with Crippen molar-refractivity contribution in [3.05, 3.63) is 77.2 Å². The number of aromatic nitrogens is 1. The molecule has 4 aromatic rings. The number of fused-ring (bicyclic) bond motifs is 3. The minimum absolute atomic E-state index is 0.134. The lowest BCUT2D eigenvalue weighted by Gasteiger charge is -2.55. The fourth-order valence-corrected chi connectivity index (χ4v) is 6.90. The highest BCUT2D eigenvalue weighted by Crippen LogP contribution is 2.54. The summed E-state index contributed by atoms with van der Waals surface area (Å²) >= 11 is 0. The topological polar surface area (TPSA) is 63.9 Å². The largest absolute Gasteiger partial charge is 0.504 e. The van der Waals surface area contributed by atoms with Gasteiger partial charge in [0.1, 0.15) is 17.2 Å². The summed E-state index contributed by atoms with van der Waals surface area (Å²) in [5.41, 5.74) is 4.97. The number of methoxy groups -OCH3 is 1. The minimum Gasteiger partial charge on any atom is -0.504 e. The van der Waals surface area contributed by atoms with Gasteiger partial charge in [-0.05, 0) is 90.3 Å². The van der Waals surface area contributed by atoms with Crippen molar-refractivity contribution in [1.82, 2.24) is 4.57 Å². The molecular weight excluding hydrogens is 505 g/mol. The summed E-state index contributed by atoms with van der Waals surface area (Å²) in [5.74, 6) is 1.30. The molecule has 3 aromatic carbocycles. The Morgan fingerprint density at radius 3 is 2.45 bits per heavy atom. The Bertz CT molecular complexity index is 1630. The van der Waals surface area contributed by atoms with Crippen LogP contribution in [0.3, 0.4) is 0 Å². The van der Waals surface area contributed by atoms with Crippen LogP contribution in [0.15, 0.2) is 54.7 Å². The molecule has 5 nitrogen and oxygen atoms in total.